The molecule has 2 unspecified atom stereocenters. The van der Waals surface area contributed by atoms with Crippen molar-refractivity contribution in [2.24, 2.45) is 10.2 Å². The summed E-state index contributed by atoms with van der Waals surface area (Å²) in [6, 6.07) is 0.138. The van der Waals surface area contributed by atoms with Crippen molar-refractivity contribution in [3.8, 4) is 0 Å². The topological polar surface area (TPSA) is 51.0 Å². The van der Waals surface area contributed by atoms with Gasteiger partial charge in [-0.3, -0.25) is 0 Å². The maximum Gasteiger partial charge on any atom is 0.335 e. The van der Waals surface area contributed by atoms with Gasteiger partial charge in [0.2, 0.25) is 0 Å². The molecule has 1 rings (SSSR count). The van der Waals surface area contributed by atoms with E-state index in [1.807, 2.05) is 6.92 Å². The Balaban J connectivity index is 2.71. The number of hydrogen-bond acceptors (Lipinski definition) is 4. The standard InChI is InChI=1S/C7H12N2O2/c1-5-4-7(2,9-8-5)6(10)11-3/h5H,4H2,1-3H3. The predicted octanol–water partition coefficient (Wildman–Crippen LogP) is 1.16. The van der Waals surface area contributed by atoms with E-state index in [0.29, 0.717) is 6.42 Å². The summed E-state index contributed by atoms with van der Waals surface area (Å²) in [6.07, 6.45) is 0.652. The van der Waals surface area contributed by atoms with Crippen LogP contribution in [0.1, 0.15) is 20.3 Å². The molecule has 0 bridgehead atoms. The van der Waals surface area contributed by atoms with Gasteiger partial charge in [-0.05, 0) is 13.8 Å². The number of rotatable bonds is 1. The average molecular weight is 156 g/mol. The third kappa shape index (κ3) is 1.39. The molecule has 2 atom stereocenters. The smallest absolute Gasteiger partial charge is 0.335 e. The zero-order valence-corrected chi connectivity index (χ0v) is 7.00. The van der Waals surface area contributed by atoms with Crippen LogP contribution in [0, 0.1) is 0 Å². The second-order valence-electron chi connectivity index (χ2n) is 3.03. The van der Waals surface area contributed by atoms with E-state index in [0.717, 1.165) is 0 Å². The molecular formula is C7H12N2O2. The normalized spacial score (nSPS) is 35.7. The van der Waals surface area contributed by atoms with Crippen LogP contribution < -0.4 is 0 Å². The van der Waals surface area contributed by atoms with Crippen LogP contribution in [0.3, 0.4) is 0 Å². The van der Waals surface area contributed by atoms with E-state index >= 15 is 0 Å². The molecule has 0 N–H and O–H groups in total. The van der Waals surface area contributed by atoms with Crippen molar-refractivity contribution in [3.05, 3.63) is 0 Å². The zero-order valence-electron chi connectivity index (χ0n) is 7.00. The number of hydrogen-bond donors (Lipinski definition) is 0. The van der Waals surface area contributed by atoms with Gasteiger partial charge < -0.3 is 4.74 Å². The number of carbonyl (C=O) groups excluding carboxylic acids is 1. The summed E-state index contributed by atoms with van der Waals surface area (Å²) in [6.45, 7) is 3.67. The highest BCUT2D eigenvalue weighted by atomic mass is 16.5. The first-order chi connectivity index (χ1) is 5.08. The Labute approximate surface area is 65.6 Å². The molecule has 4 nitrogen and oxygen atoms in total. The highest BCUT2D eigenvalue weighted by Crippen LogP contribution is 2.27. The first-order valence-corrected chi connectivity index (χ1v) is 3.59. The molecule has 0 saturated heterocycles. The number of methoxy groups -OCH3 is 1. The van der Waals surface area contributed by atoms with Gasteiger partial charge in [0.05, 0.1) is 13.2 Å². The zero-order chi connectivity index (χ0) is 8.48. The van der Waals surface area contributed by atoms with Gasteiger partial charge in [0.1, 0.15) is 0 Å². The summed E-state index contributed by atoms with van der Waals surface area (Å²) in [7, 11) is 1.37. The van der Waals surface area contributed by atoms with Crippen LogP contribution in [0.2, 0.25) is 0 Å². The molecule has 0 aromatic heterocycles. The molecular weight excluding hydrogens is 144 g/mol. The maximum absolute atomic E-state index is 11.1. The summed E-state index contributed by atoms with van der Waals surface area (Å²) in [5.41, 5.74) is -0.728. The molecule has 0 saturated carbocycles. The van der Waals surface area contributed by atoms with Gasteiger partial charge >= 0.3 is 5.97 Å². The molecule has 0 aromatic carbocycles. The fraction of sp³-hybridized carbons (Fsp3) is 0.857. The van der Waals surface area contributed by atoms with Crippen LogP contribution in [0.4, 0.5) is 0 Å². The summed E-state index contributed by atoms with van der Waals surface area (Å²) < 4.78 is 4.59. The van der Waals surface area contributed by atoms with Gasteiger partial charge in [0.15, 0.2) is 5.54 Å². The molecule has 11 heavy (non-hydrogen) atoms. The van der Waals surface area contributed by atoms with Crippen LogP contribution in [0.5, 0.6) is 0 Å². The Morgan fingerprint density at radius 3 is 2.73 bits per heavy atom. The summed E-state index contributed by atoms with van der Waals surface area (Å²) >= 11 is 0. The van der Waals surface area contributed by atoms with Crippen LogP contribution in [-0.2, 0) is 9.53 Å². The number of azo groups is 1. The Morgan fingerprint density at radius 2 is 2.36 bits per heavy atom. The van der Waals surface area contributed by atoms with Crippen molar-refractivity contribution in [3.63, 3.8) is 0 Å². The lowest BCUT2D eigenvalue weighted by atomic mass is 9.97. The first-order valence-electron chi connectivity index (χ1n) is 3.59. The van der Waals surface area contributed by atoms with Crippen molar-refractivity contribution >= 4 is 5.97 Å². The van der Waals surface area contributed by atoms with Gasteiger partial charge in [-0.25, -0.2) is 4.79 Å². The van der Waals surface area contributed by atoms with E-state index in [2.05, 4.69) is 15.0 Å². The van der Waals surface area contributed by atoms with E-state index < -0.39 is 5.54 Å². The number of carbonyl (C=O) groups is 1. The predicted molar refractivity (Wildman–Crippen MR) is 39.4 cm³/mol. The Morgan fingerprint density at radius 1 is 1.73 bits per heavy atom. The monoisotopic (exact) mass is 156 g/mol. The van der Waals surface area contributed by atoms with Crippen LogP contribution in [0.15, 0.2) is 10.2 Å². The Bertz CT molecular complexity index is 203. The molecule has 0 spiro atoms. The van der Waals surface area contributed by atoms with E-state index in [9.17, 15) is 4.79 Å². The lowest BCUT2D eigenvalue weighted by Gasteiger charge is -2.14. The van der Waals surface area contributed by atoms with Crippen LogP contribution in [-0.4, -0.2) is 24.7 Å². The molecule has 0 aromatic rings. The fourth-order valence-electron chi connectivity index (χ4n) is 1.23. The lowest BCUT2D eigenvalue weighted by Crippen LogP contribution is -2.33. The second kappa shape index (κ2) is 2.60. The van der Waals surface area contributed by atoms with E-state index in [1.165, 1.54) is 7.11 Å². The lowest BCUT2D eigenvalue weighted by molar-refractivity contribution is -0.146. The molecule has 0 radical (unpaired) electrons. The van der Waals surface area contributed by atoms with Crippen molar-refractivity contribution in [2.75, 3.05) is 7.11 Å². The summed E-state index contributed by atoms with van der Waals surface area (Å²) in [4.78, 5) is 11.1. The fourth-order valence-corrected chi connectivity index (χ4v) is 1.23. The molecule has 0 aliphatic carbocycles. The van der Waals surface area contributed by atoms with Gasteiger partial charge in [-0.2, -0.15) is 10.2 Å². The number of nitrogens with zero attached hydrogens (tertiary/aromatic N) is 2. The molecule has 0 amide bonds. The number of ether oxygens (including phenoxy) is 1. The third-order valence-corrected chi connectivity index (χ3v) is 1.79. The number of esters is 1. The van der Waals surface area contributed by atoms with Crippen molar-refractivity contribution in [2.45, 2.75) is 31.8 Å². The molecule has 1 aliphatic rings. The summed E-state index contributed by atoms with van der Waals surface area (Å²) in [5.74, 6) is -0.300. The van der Waals surface area contributed by atoms with Crippen molar-refractivity contribution in [1.29, 1.82) is 0 Å². The molecule has 0 fully saturated rings. The van der Waals surface area contributed by atoms with Gasteiger partial charge in [0.25, 0.3) is 0 Å². The van der Waals surface area contributed by atoms with Gasteiger partial charge in [0, 0.05) is 6.42 Å². The van der Waals surface area contributed by atoms with Crippen molar-refractivity contribution < 1.29 is 9.53 Å². The van der Waals surface area contributed by atoms with E-state index in [-0.39, 0.29) is 12.0 Å². The first kappa shape index (κ1) is 8.17. The molecule has 1 heterocycles. The SMILES string of the molecule is COC(=O)C1(C)CC(C)N=N1. The van der Waals surface area contributed by atoms with Crippen LogP contribution >= 0.6 is 0 Å². The minimum atomic E-state index is -0.728. The summed E-state index contributed by atoms with van der Waals surface area (Å²) in [5, 5.41) is 7.75. The van der Waals surface area contributed by atoms with Crippen LogP contribution in [0.25, 0.3) is 0 Å². The minimum Gasteiger partial charge on any atom is -0.467 e. The third-order valence-electron chi connectivity index (χ3n) is 1.79. The largest absolute Gasteiger partial charge is 0.467 e. The molecule has 1 aliphatic heterocycles. The Hall–Kier alpha value is -0.930. The van der Waals surface area contributed by atoms with Crippen molar-refractivity contribution in [1.82, 2.24) is 0 Å². The average Bonchev–Trinajstić information content (AvgIpc) is 2.31. The van der Waals surface area contributed by atoms with E-state index in [1.54, 1.807) is 6.92 Å². The van der Waals surface area contributed by atoms with Gasteiger partial charge in [-0.15, -0.1) is 0 Å². The Kier molecular flexibility index (Phi) is 1.93. The quantitative estimate of drug-likeness (QED) is 0.535. The maximum atomic E-state index is 11.1. The van der Waals surface area contributed by atoms with Gasteiger partial charge in [-0.1, -0.05) is 0 Å². The molecule has 62 valence electrons. The van der Waals surface area contributed by atoms with E-state index in [4.69, 9.17) is 0 Å². The minimum absolute atomic E-state index is 0.138. The molecule has 4 heteroatoms. The highest BCUT2D eigenvalue weighted by Gasteiger charge is 2.39. The second-order valence-corrected chi connectivity index (χ2v) is 3.03. The highest BCUT2D eigenvalue weighted by molar-refractivity contribution is 5.80.